The summed E-state index contributed by atoms with van der Waals surface area (Å²) in [5, 5.41) is 20.1. The van der Waals surface area contributed by atoms with Crippen LogP contribution in [0.3, 0.4) is 0 Å². The standard InChI is InChI=1S/C34H52O8/c1-38-24-26-12-10-11-25(21-26)22-27(41-33-15-6-8-19-39-33)17-18-29-28(13-4-2-3-5-14-32(36)37)30(35)23-31(29)42-34-16-7-9-20-40-34/h10-12,17-18,21,27-31,33-35H,2-9,13-16,19-20,22-24H2,1H3,(H,36,37)/b18-17+/t27?,28-,29-,30+,31?,33?,34?/m1/s1. The first-order valence-electron chi connectivity index (χ1n) is 16.2. The van der Waals surface area contributed by atoms with Gasteiger partial charge in [-0.15, -0.1) is 0 Å². The highest BCUT2D eigenvalue weighted by molar-refractivity contribution is 5.66. The number of rotatable bonds is 17. The second kappa shape index (κ2) is 18.1. The number of methoxy groups -OCH3 is 1. The van der Waals surface area contributed by atoms with Gasteiger partial charge in [0.2, 0.25) is 0 Å². The fraction of sp³-hybridized carbons (Fsp3) is 0.735. The Morgan fingerprint density at radius 3 is 2.48 bits per heavy atom. The van der Waals surface area contributed by atoms with E-state index in [4.69, 9.17) is 28.8 Å². The zero-order valence-electron chi connectivity index (χ0n) is 25.4. The fourth-order valence-corrected chi connectivity index (χ4v) is 6.60. The SMILES string of the molecule is COCc1cccc(CC(/C=C/[C@H]2C(OC3CCCCO3)C[C@H](O)[C@@H]2CCCCCCC(=O)O)OC2CCCCO2)c1. The minimum absolute atomic E-state index is 0.0442. The van der Waals surface area contributed by atoms with Crippen LogP contribution in [0.15, 0.2) is 36.4 Å². The largest absolute Gasteiger partial charge is 0.481 e. The zero-order chi connectivity index (χ0) is 29.6. The van der Waals surface area contributed by atoms with Crippen molar-refractivity contribution in [3.63, 3.8) is 0 Å². The Hall–Kier alpha value is -1.81. The van der Waals surface area contributed by atoms with Gasteiger partial charge in [0.05, 0.1) is 24.9 Å². The molecule has 8 heteroatoms. The molecule has 236 valence electrons. The average Bonchev–Trinajstić information content (AvgIpc) is 3.28. The highest BCUT2D eigenvalue weighted by Gasteiger charge is 2.42. The summed E-state index contributed by atoms with van der Waals surface area (Å²) in [6, 6.07) is 8.44. The number of hydrogen-bond donors (Lipinski definition) is 2. The minimum atomic E-state index is -0.739. The normalized spacial score (nSPS) is 29.2. The molecular weight excluding hydrogens is 536 g/mol. The van der Waals surface area contributed by atoms with Gasteiger partial charge in [-0.3, -0.25) is 4.79 Å². The molecule has 42 heavy (non-hydrogen) atoms. The number of hydrogen-bond acceptors (Lipinski definition) is 7. The van der Waals surface area contributed by atoms with Gasteiger partial charge in [-0.2, -0.15) is 0 Å². The zero-order valence-corrected chi connectivity index (χ0v) is 25.4. The summed E-state index contributed by atoms with van der Waals surface area (Å²) in [7, 11) is 1.71. The van der Waals surface area contributed by atoms with Crippen LogP contribution in [0.2, 0.25) is 0 Å². The number of carboxylic acid groups (broad SMARTS) is 1. The van der Waals surface area contributed by atoms with E-state index in [1.165, 1.54) is 5.56 Å². The lowest BCUT2D eigenvalue weighted by molar-refractivity contribution is -0.193. The van der Waals surface area contributed by atoms with E-state index in [-0.39, 0.29) is 43.0 Å². The summed E-state index contributed by atoms with van der Waals surface area (Å²) < 4.78 is 30.2. The molecule has 1 saturated carbocycles. The molecule has 0 aromatic heterocycles. The highest BCUT2D eigenvalue weighted by atomic mass is 16.7. The first-order chi connectivity index (χ1) is 20.5. The van der Waals surface area contributed by atoms with Crippen LogP contribution in [0, 0.1) is 11.8 Å². The topological polar surface area (TPSA) is 104 Å². The van der Waals surface area contributed by atoms with Crippen LogP contribution in [-0.2, 0) is 41.5 Å². The van der Waals surface area contributed by atoms with Gasteiger partial charge in [0, 0.05) is 45.5 Å². The maximum Gasteiger partial charge on any atom is 0.303 e. The smallest absolute Gasteiger partial charge is 0.303 e. The van der Waals surface area contributed by atoms with E-state index in [1.807, 2.05) is 0 Å². The van der Waals surface area contributed by atoms with Gasteiger partial charge in [-0.05, 0) is 68.4 Å². The third-order valence-corrected chi connectivity index (χ3v) is 8.79. The third kappa shape index (κ3) is 11.0. The molecule has 1 aromatic carbocycles. The van der Waals surface area contributed by atoms with Crippen LogP contribution in [0.25, 0.3) is 0 Å². The molecule has 2 aliphatic heterocycles. The van der Waals surface area contributed by atoms with Crippen LogP contribution in [-0.4, -0.2) is 67.4 Å². The molecule has 8 nitrogen and oxygen atoms in total. The molecule has 1 aliphatic carbocycles. The minimum Gasteiger partial charge on any atom is -0.481 e. The third-order valence-electron chi connectivity index (χ3n) is 8.79. The summed E-state index contributed by atoms with van der Waals surface area (Å²) in [5.41, 5.74) is 2.32. The van der Waals surface area contributed by atoms with Crippen molar-refractivity contribution in [3.8, 4) is 0 Å². The average molecular weight is 589 g/mol. The molecule has 4 rings (SSSR count). The summed E-state index contributed by atoms with van der Waals surface area (Å²) >= 11 is 0. The Bertz CT molecular complexity index is 939. The number of unbranched alkanes of at least 4 members (excludes halogenated alkanes) is 3. The van der Waals surface area contributed by atoms with Crippen LogP contribution in [0.1, 0.15) is 94.6 Å². The van der Waals surface area contributed by atoms with E-state index in [2.05, 4.69) is 36.4 Å². The van der Waals surface area contributed by atoms with Crippen LogP contribution < -0.4 is 0 Å². The van der Waals surface area contributed by atoms with Gasteiger partial charge >= 0.3 is 5.97 Å². The van der Waals surface area contributed by atoms with Crippen molar-refractivity contribution in [1.82, 2.24) is 0 Å². The van der Waals surface area contributed by atoms with Crippen molar-refractivity contribution in [2.24, 2.45) is 11.8 Å². The van der Waals surface area contributed by atoms with E-state index >= 15 is 0 Å². The Kier molecular flexibility index (Phi) is 14.3. The first-order valence-corrected chi connectivity index (χ1v) is 16.2. The second-order valence-electron chi connectivity index (χ2n) is 12.2. The number of aliphatic carboxylic acids is 1. The summed E-state index contributed by atoms with van der Waals surface area (Å²) in [6.07, 6.45) is 15.3. The lowest BCUT2D eigenvalue weighted by Crippen LogP contribution is -2.31. The quantitative estimate of drug-likeness (QED) is 0.164. The van der Waals surface area contributed by atoms with Crippen molar-refractivity contribution in [3.05, 3.63) is 47.5 Å². The van der Waals surface area contributed by atoms with Gasteiger partial charge in [0.1, 0.15) is 0 Å². The van der Waals surface area contributed by atoms with Gasteiger partial charge < -0.3 is 33.9 Å². The molecule has 0 spiro atoms. The number of ether oxygens (including phenoxy) is 5. The molecule has 2 heterocycles. The van der Waals surface area contributed by atoms with Crippen LogP contribution >= 0.6 is 0 Å². The van der Waals surface area contributed by atoms with E-state index in [9.17, 15) is 9.90 Å². The summed E-state index contributed by atoms with van der Waals surface area (Å²) in [5.74, 6) is -0.620. The number of aliphatic hydroxyl groups excluding tert-OH is 1. The van der Waals surface area contributed by atoms with E-state index < -0.39 is 12.1 Å². The molecule has 3 fully saturated rings. The lowest BCUT2D eigenvalue weighted by atomic mass is 9.87. The molecule has 2 saturated heterocycles. The lowest BCUT2D eigenvalue weighted by Gasteiger charge is -2.30. The monoisotopic (exact) mass is 588 g/mol. The van der Waals surface area contributed by atoms with Crippen LogP contribution in [0.4, 0.5) is 0 Å². The molecule has 0 radical (unpaired) electrons. The van der Waals surface area contributed by atoms with Crippen molar-refractivity contribution in [2.45, 2.75) is 127 Å². The molecule has 4 unspecified atom stereocenters. The van der Waals surface area contributed by atoms with Crippen molar-refractivity contribution < 1.29 is 38.7 Å². The Morgan fingerprint density at radius 2 is 1.76 bits per heavy atom. The Balaban J connectivity index is 1.47. The van der Waals surface area contributed by atoms with E-state index in [0.717, 1.165) is 83.0 Å². The van der Waals surface area contributed by atoms with Gasteiger partial charge in [-0.25, -0.2) is 0 Å². The van der Waals surface area contributed by atoms with E-state index in [1.54, 1.807) is 7.11 Å². The maximum absolute atomic E-state index is 11.2. The number of carbonyl (C=O) groups is 1. The van der Waals surface area contributed by atoms with Gasteiger partial charge in [-0.1, -0.05) is 55.7 Å². The van der Waals surface area contributed by atoms with Crippen molar-refractivity contribution in [1.29, 1.82) is 0 Å². The number of benzene rings is 1. The van der Waals surface area contributed by atoms with E-state index in [0.29, 0.717) is 25.9 Å². The highest BCUT2D eigenvalue weighted by Crippen LogP contribution is 2.40. The molecule has 7 atom stereocenters. The molecule has 2 N–H and O–H groups in total. The van der Waals surface area contributed by atoms with Crippen LogP contribution in [0.5, 0.6) is 0 Å². The van der Waals surface area contributed by atoms with Gasteiger partial charge in [0.15, 0.2) is 12.6 Å². The first kappa shape index (κ1) is 33.1. The van der Waals surface area contributed by atoms with Crippen molar-refractivity contribution >= 4 is 5.97 Å². The van der Waals surface area contributed by atoms with Crippen molar-refractivity contribution in [2.75, 3.05) is 20.3 Å². The number of aliphatic hydroxyl groups is 1. The van der Waals surface area contributed by atoms with Gasteiger partial charge in [0.25, 0.3) is 0 Å². The molecule has 3 aliphatic rings. The Labute approximate surface area is 251 Å². The molecule has 0 amide bonds. The molecule has 0 bridgehead atoms. The molecular formula is C34H52O8. The predicted octanol–water partition coefficient (Wildman–Crippen LogP) is 6.18. The second-order valence-corrected chi connectivity index (χ2v) is 12.2. The molecule has 1 aromatic rings. The number of carboxylic acids is 1. The predicted molar refractivity (Wildman–Crippen MR) is 160 cm³/mol. The fourth-order valence-electron chi connectivity index (χ4n) is 6.60. The maximum atomic E-state index is 11.2. The summed E-state index contributed by atoms with van der Waals surface area (Å²) in [6.45, 7) is 2.02. The Morgan fingerprint density at radius 1 is 1.02 bits per heavy atom. The summed E-state index contributed by atoms with van der Waals surface area (Å²) in [4.78, 5) is 10.9.